The number of nitrogens with zero attached hydrogens (tertiary/aromatic N) is 1. The van der Waals surface area contributed by atoms with E-state index < -0.39 is 0 Å². The van der Waals surface area contributed by atoms with Crippen LogP contribution >= 0.6 is 0 Å². The van der Waals surface area contributed by atoms with E-state index in [1.807, 2.05) is 6.26 Å². The first kappa shape index (κ1) is 12.7. The maximum atomic E-state index is 5.59. The predicted octanol–water partition coefficient (Wildman–Crippen LogP) is 2.62. The molecule has 1 saturated carbocycles. The van der Waals surface area contributed by atoms with Gasteiger partial charge in [-0.15, -0.1) is 0 Å². The number of furan rings is 1. The van der Waals surface area contributed by atoms with Gasteiger partial charge in [0.05, 0.1) is 12.8 Å². The lowest BCUT2D eigenvalue weighted by molar-refractivity contribution is 0.283. The van der Waals surface area contributed by atoms with Crippen molar-refractivity contribution in [1.82, 2.24) is 10.2 Å². The Morgan fingerprint density at radius 1 is 1.47 bits per heavy atom. The van der Waals surface area contributed by atoms with Crippen LogP contribution in [0.2, 0.25) is 0 Å². The van der Waals surface area contributed by atoms with Crippen molar-refractivity contribution >= 4 is 0 Å². The molecule has 3 nitrogen and oxygen atoms in total. The Morgan fingerprint density at radius 3 is 2.88 bits per heavy atom. The number of rotatable bonds is 7. The van der Waals surface area contributed by atoms with Gasteiger partial charge in [-0.05, 0) is 38.4 Å². The molecular weight excluding hydrogens is 212 g/mol. The molecule has 1 aliphatic rings. The molecular formula is C14H24N2O. The van der Waals surface area contributed by atoms with Gasteiger partial charge in [-0.3, -0.25) is 4.90 Å². The van der Waals surface area contributed by atoms with E-state index in [-0.39, 0.29) is 0 Å². The van der Waals surface area contributed by atoms with Crippen LogP contribution in [0.5, 0.6) is 0 Å². The molecule has 0 atom stereocenters. The highest BCUT2D eigenvalue weighted by atomic mass is 16.3. The zero-order chi connectivity index (χ0) is 12.3. The summed E-state index contributed by atoms with van der Waals surface area (Å²) in [5.41, 5.74) is 1.30. The molecule has 17 heavy (non-hydrogen) atoms. The van der Waals surface area contributed by atoms with Crippen molar-refractivity contribution < 1.29 is 4.42 Å². The molecule has 0 spiro atoms. The topological polar surface area (TPSA) is 28.4 Å². The van der Waals surface area contributed by atoms with Crippen molar-refractivity contribution in [3.05, 3.63) is 23.7 Å². The Hall–Kier alpha value is -0.800. The van der Waals surface area contributed by atoms with Gasteiger partial charge in [0.15, 0.2) is 0 Å². The Morgan fingerprint density at radius 2 is 2.24 bits per heavy atom. The molecule has 1 fully saturated rings. The molecule has 0 aliphatic heterocycles. The first-order valence-corrected chi connectivity index (χ1v) is 6.63. The van der Waals surface area contributed by atoms with Gasteiger partial charge < -0.3 is 9.73 Å². The van der Waals surface area contributed by atoms with Crippen molar-refractivity contribution in [3.8, 4) is 0 Å². The normalized spacial score (nSPS) is 16.1. The van der Waals surface area contributed by atoms with Crippen molar-refractivity contribution in [3.63, 3.8) is 0 Å². The zero-order valence-corrected chi connectivity index (χ0v) is 11.2. The van der Waals surface area contributed by atoms with Gasteiger partial charge in [0, 0.05) is 18.2 Å². The predicted molar refractivity (Wildman–Crippen MR) is 69.7 cm³/mol. The Kier molecular flexibility index (Phi) is 4.24. The molecule has 0 radical (unpaired) electrons. The summed E-state index contributed by atoms with van der Waals surface area (Å²) in [6.45, 7) is 7.37. The van der Waals surface area contributed by atoms with E-state index in [0.29, 0.717) is 5.92 Å². The fourth-order valence-corrected chi connectivity index (χ4v) is 2.03. The molecule has 0 amide bonds. The SMILES string of the molecule is CC(C)CNCc1ccoc1CN(C)C1CC1. The molecule has 0 aromatic carbocycles. The van der Waals surface area contributed by atoms with Crippen LogP contribution in [0.4, 0.5) is 0 Å². The third kappa shape index (κ3) is 3.86. The molecule has 0 bridgehead atoms. The van der Waals surface area contributed by atoms with Gasteiger partial charge in [-0.2, -0.15) is 0 Å². The second-order valence-electron chi connectivity index (χ2n) is 5.54. The molecule has 1 N–H and O–H groups in total. The minimum Gasteiger partial charge on any atom is -0.468 e. The van der Waals surface area contributed by atoms with E-state index in [1.54, 1.807) is 0 Å². The molecule has 0 saturated heterocycles. The van der Waals surface area contributed by atoms with Crippen LogP contribution in [-0.4, -0.2) is 24.5 Å². The van der Waals surface area contributed by atoms with Crippen molar-refractivity contribution in [2.24, 2.45) is 5.92 Å². The monoisotopic (exact) mass is 236 g/mol. The minimum atomic E-state index is 0.694. The average Bonchev–Trinajstić information content (AvgIpc) is 3.03. The van der Waals surface area contributed by atoms with E-state index in [4.69, 9.17) is 4.42 Å². The molecule has 96 valence electrons. The zero-order valence-electron chi connectivity index (χ0n) is 11.2. The van der Waals surface area contributed by atoms with Gasteiger partial charge in [0.2, 0.25) is 0 Å². The molecule has 1 aromatic heterocycles. The highest BCUT2D eigenvalue weighted by Crippen LogP contribution is 2.27. The Labute approximate surface area is 104 Å². The maximum Gasteiger partial charge on any atom is 0.122 e. The number of hydrogen-bond donors (Lipinski definition) is 1. The summed E-state index contributed by atoms with van der Waals surface area (Å²) in [5.74, 6) is 1.81. The first-order valence-electron chi connectivity index (χ1n) is 6.63. The van der Waals surface area contributed by atoms with Crippen LogP contribution in [-0.2, 0) is 13.1 Å². The van der Waals surface area contributed by atoms with E-state index in [1.165, 1.54) is 18.4 Å². The summed E-state index contributed by atoms with van der Waals surface area (Å²) >= 11 is 0. The summed E-state index contributed by atoms with van der Waals surface area (Å²) < 4.78 is 5.59. The summed E-state index contributed by atoms with van der Waals surface area (Å²) in [5, 5.41) is 3.47. The molecule has 3 heteroatoms. The van der Waals surface area contributed by atoms with Crippen LogP contribution in [0.3, 0.4) is 0 Å². The third-order valence-electron chi connectivity index (χ3n) is 3.27. The second kappa shape index (κ2) is 5.69. The Balaban J connectivity index is 1.82. The van der Waals surface area contributed by atoms with Crippen molar-refractivity contribution in [2.45, 2.75) is 45.8 Å². The van der Waals surface area contributed by atoms with Gasteiger partial charge >= 0.3 is 0 Å². The number of hydrogen-bond acceptors (Lipinski definition) is 3. The minimum absolute atomic E-state index is 0.694. The van der Waals surface area contributed by atoms with Crippen LogP contribution in [0.25, 0.3) is 0 Å². The fourth-order valence-electron chi connectivity index (χ4n) is 2.03. The molecule has 1 aliphatic carbocycles. The van der Waals surface area contributed by atoms with Crippen LogP contribution < -0.4 is 5.32 Å². The fraction of sp³-hybridized carbons (Fsp3) is 0.714. The Bertz CT molecular complexity index is 342. The highest BCUT2D eigenvalue weighted by Gasteiger charge is 2.27. The quantitative estimate of drug-likeness (QED) is 0.789. The van der Waals surface area contributed by atoms with E-state index >= 15 is 0 Å². The van der Waals surface area contributed by atoms with Crippen LogP contribution in [0.15, 0.2) is 16.7 Å². The number of nitrogens with one attached hydrogen (secondary N) is 1. The molecule has 1 aromatic rings. The summed E-state index contributed by atoms with van der Waals surface area (Å²) in [7, 11) is 2.19. The average molecular weight is 236 g/mol. The molecule has 2 rings (SSSR count). The van der Waals surface area contributed by atoms with Gasteiger partial charge in [0.25, 0.3) is 0 Å². The molecule has 0 unspecified atom stereocenters. The lowest BCUT2D eigenvalue weighted by atomic mass is 10.2. The maximum absolute atomic E-state index is 5.59. The van der Waals surface area contributed by atoms with Crippen molar-refractivity contribution in [1.29, 1.82) is 0 Å². The van der Waals surface area contributed by atoms with Gasteiger partial charge in [-0.25, -0.2) is 0 Å². The summed E-state index contributed by atoms with van der Waals surface area (Å²) in [6, 6.07) is 2.88. The van der Waals surface area contributed by atoms with Gasteiger partial charge in [-0.1, -0.05) is 13.8 Å². The third-order valence-corrected chi connectivity index (χ3v) is 3.27. The molecule has 1 heterocycles. The lowest BCUT2D eigenvalue weighted by Gasteiger charge is -2.15. The van der Waals surface area contributed by atoms with E-state index in [0.717, 1.165) is 31.4 Å². The van der Waals surface area contributed by atoms with E-state index in [2.05, 4.69) is 37.2 Å². The largest absolute Gasteiger partial charge is 0.468 e. The van der Waals surface area contributed by atoms with E-state index in [9.17, 15) is 0 Å². The smallest absolute Gasteiger partial charge is 0.122 e. The summed E-state index contributed by atoms with van der Waals surface area (Å²) in [4.78, 5) is 2.39. The van der Waals surface area contributed by atoms with Crippen LogP contribution in [0, 0.1) is 5.92 Å². The standard InChI is InChI=1S/C14H24N2O/c1-11(2)8-15-9-12-6-7-17-14(12)10-16(3)13-4-5-13/h6-7,11,13,15H,4-5,8-10H2,1-3H3. The van der Waals surface area contributed by atoms with Gasteiger partial charge in [0.1, 0.15) is 5.76 Å². The second-order valence-corrected chi connectivity index (χ2v) is 5.54. The van der Waals surface area contributed by atoms with Crippen molar-refractivity contribution in [2.75, 3.05) is 13.6 Å². The highest BCUT2D eigenvalue weighted by molar-refractivity contribution is 5.17. The first-order chi connectivity index (χ1) is 8.16. The van der Waals surface area contributed by atoms with Crippen LogP contribution in [0.1, 0.15) is 38.0 Å². The summed E-state index contributed by atoms with van der Waals surface area (Å²) in [6.07, 6.45) is 4.50. The lowest BCUT2D eigenvalue weighted by Crippen LogP contribution is -2.22.